The van der Waals surface area contributed by atoms with E-state index >= 15 is 0 Å². The van der Waals surface area contributed by atoms with E-state index in [1.54, 1.807) is 30.7 Å². The summed E-state index contributed by atoms with van der Waals surface area (Å²) in [5.74, 6) is -1.05. The van der Waals surface area contributed by atoms with E-state index in [9.17, 15) is 18.0 Å². The third kappa shape index (κ3) is 8.39. The number of Topliss-reactive ketones (excluding diaryl/α,β-unsaturated/α-hetero) is 1. The number of nitrogens with one attached hydrogen (secondary N) is 1. The Morgan fingerprint density at radius 3 is 2.43 bits per heavy atom. The van der Waals surface area contributed by atoms with Crippen LogP contribution < -0.4 is 11.1 Å². The molecule has 3 aromatic rings. The topological polar surface area (TPSA) is 100.0 Å². The Labute approximate surface area is 250 Å². The van der Waals surface area contributed by atoms with Crippen molar-refractivity contribution in [1.82, 2.24) is 19.8 Å². The van der Waals surface area contributed by atoms with Gasteiger partial charge in [0.2, 0.25) is 0 Å². The summed E-state index contributed by atoms with van der Waals surface area (Å²) in [6.45, 7) is 7.83. The minimum atomic E-state index is -4.56. The zero-order chi connectivity index (χ0) is 31.0. The number of thiocarbonyl (C=S) groups is 1. The van der Waals surface area contributed by atoms with Gasteiger partial charge in [-0.15, -0.1) is 0 Å². The van der Waals surface area contributed by atoms with Crippen LogP contribution in [-0.2, 0) is 30.5 Å². The maximum Gasteiger partial charge on any atom is 0.416 e. The smallest absolute Gasteiger partial charge is 0.360 e. The Hall–Kier alpha value is -3.75. The van der Waals surface area contributed by atoms with Crippen LogP contribution in [0.3, 0.4) is 0 Å². The number of nitrogens with zero attached hydrogens (tertiary/aromatic N) is 4. The Balaban J connectivity index is 1.92. The molecule has 1 heterocycles. The van der Waals surface area contributed by atoms with Gasteiger partial charge in [0.25, 0.3) is 0 Å². The normalized spacial score (nSPS) is 13.7. The van der Waals surface area contributed by atoms with E-state index < -0.39 is 23.8 Å². The molecular weight excluding hydrogens is 561 g/mol. The molecule has 42 heavy (non-hydrogen) atoms. The summed E-state index contributed by atoms with van der Waals surface area (Å²) in [5.41, 5.74) is 8.21. The molecule has 1 unspecified atom stereocenters. The highest BCUT2D eigenvalue weighted by Crippen LogP contribution is 2.33. The molecule has 0 aliphatic carbocycles. The van der Waals surface area contributed by atoms with Crippen molar-refractivity contribution >= 4 is 23.1 Å². The Bertz CT molecular complexity index is 1400. The van der Waals surface area contributed by atoms with Crippen LogP contribution in [0.2, 0.25) is 0 Å². The fraction of sp³-hybridized carbons (Fsp3) is 0.419. The van der Waals surface area contributed by atoms with E-state index in [0.29, 0.717) is 24.2 Å². The molecule has 3 atom stereocenters. The summed E-state index contributed by atoms with van der Waals surface area (Å²) in [4.78, 5) is 19.7. The molecule has 0 spiro atoms. The lowest BCUT2D eigenvalue weighted by Gasteiger charge is -2.39. The van der Waals surface area contributed by atoms with Crippen molar-refractivity contribution in [3.8, 4) is 6.07 Å². The fourth-order valence-corrected chi connectivity index (χ4v) is 5.29. The molecule has 0 aliphatic heterocycles. The molecule has 11 heteroatoms. The third-order valence-electron chi connectivity index (χ3n) is 7.28. The van der Waals surface area contributed by atoms with Gasteiger partial charge in [0.1, 0.15) is 5.78 Å². The molecule has 7 nitrogen and oxygen atoms in total. The SMILES string of the molecule is CC[C@H](C)[C@H](C(=O)Cc1cncn1Cc1ccc(C#N)cc1)C(N)N(Cc1ccccc1C(F)(F)F)C(=S)NC(C)C. The molecule has 2 aromatic carbocycles. The molecule has 0 fully saturated rings. The zero-order valence-electron chi connectivity index (χ0n) is 24.2. The second-order valence-electron chi connectivity index (χ2n) is 10.8. The summed E-state index contributed by atoms with van der Waals surface area (Å²) >= 11 is 5.63. The van der Waals surface area contributed by atoms with Crippen LogP contribution >= 0.6 is 12.2 Å². The number of hydrogen-bond donors (Lipinski definition) is 2. The van der Waals surface area contributed by atoms with Gasteiger partial charge in [-0.25, -0.2) is 4.98 Å². The largest absolute Gasteiger partial charge is 0.416 e. The number of nitriles is 1. The van der Waals surface area contributed by atoms with Crippen LogP contribution in [0.25, 0.3) is 0 Å². The first-order valence-corrected chi connectivity index (χ1v) is 14.2. The average Bonchev–Trinajstić information content (AvgIpc) is 3.37. The number of aromatic nitrogens is 2. The van der Waals surface area contributed by atoms with Crippen molar-refractivity contribution in [3.63, 3.8) is 0 Å². The van der Waals surface area contributed by atoms with Crippen LogP contribution in [0.4, 0.5) is 13.2 Å². The maximum absolute atomic E-state index is 13.9. The lowest BCUT2D eigenvalue weighted by molar-refractivity contribution is -0.138. The van der Waals surface area contributed by atoms with Crippen molar-refractivity contribution in [2.75, 3.05) is 0 Å². The average molecular weight is 599 g/mol. The highest BCUT2D eigenvalue weighted by Gasteiger charge is 2.38. The number of alkyl halides is 3. The number of ketones is 1. The van der Waals surface area contributed by atoms with Gasteiger partial charge >= 0.3 is 6.18 Å². The van der Waals surface area contributed by atoms with Crippen LogP contribution in [0.1, 0.15) is 62.1 Å². The lowest BCUT2D eigenvalue weighted by Crippen LogP contribution is -2.57. The minimum Gasteiger partial charge on any atom is -0.360 e. The second kappa shape index (κ2) is 14.4. The molecule has 0 radical (unpaired) electrons. The summed E-state index contributed by atoms with van der Waals surface area (Å²) < 4.78 is 43.4. The van der Waals surface area contributed by atoms with Crippen molar-refractivity contribution in [1.29, 1.82) is 5.26 Å². The monoisotopic (exact) mass is 598 g/mol. The van der Waals surface area contributed by atoms with Crippen LogP contribution in [-0.4, -0.2) is 37.6 Å². The molecule has 3 rings (SSSR count). The van der Waals surface area contributed by atoms with Gasteiger partial charge in [-0.2, -0.15) is 18.4 Å². The number of imidazole rings is 1. The Kier molecular flexibility index (Phi) is 11.3. The molecule has 3 N–H and O–H groups in total. The number of benzene rings is 2. The fourth-order valence-electron chi connectivity index (χ4n) is 4.87. The first-order chi connectivity index (χ1) is 19.8. The summed E-state index contributed by atoms with van der Waals surface area (Å²) in [6, 6.07) is 14.5. The zero-order valence-corrected chi connectivity index (χ0v) is 25.0. The molecule has 0 aliphatic rings. The van der Waals surface area contributed by atoms with Gasteiger partial charge in [-0.1, -0.05) is 50.6 Å². The number of rotatable bonds is 12. The van der Waals surface area contributed by atoms with Crippen molar-refractivity contribution in [2.24, 2.45) is 17.6 Å². The van der Waals surface area contributed by atoms with Gasteiger partial charge in [0.05, 0.1) is 35.6 Å². The molecular formula is C31H37F3N6OS. The molecule has 1 aromatic heterocycles. The van der Waals surface area contributed by atoms with Crippen molar-refractivity contribution in [3.05, 3.63) is 89.0 Å². The molecule has 0 amide bonds. The van der Waals surface area contributed by atoms with Crippen LogP contribution in [0, 0.1) is 23.2 Å². The van der Waals surface area contributed by atoms with Crippen LogP contribution in [0.5, 0.6) is 0 Å². The summed E-state index contributed by atoms with van der Waals surface area (Å²) in [5, 5.41) is 12.3. The van der Waals surface area contributed by atoms with E-state index in [4.69, 9.17) is 23.2 Å². The van der Waals surface area contributed by atoms with E-state index in [-0.39, 0.29) is 41.4 Å². The van der Waals surface area contributed by atoms with Gasteiger partial charge < -0.3 is 20.5 Å². The predicted molar refractivity (Wildman–Crippen MR) is 160 cm³/mol. The van der Waals surface area contributed by atoms with E-state index in [1.807, 2.05) is 44.4 Å². The Morgan fingerprint density at radius 1 is 1.17 bits per heavy atom. The quantitative estimate of drug-likeness (QED) is 0.205. The summed E-state index contributed by atoms with van der Waals surface area (Å²) in [7, 11) is 0. The van der Waals surface area contributed by atoms with E-state index in [1.165, 1.54) is 17.0 Å². The first-order valence-electron chi connectivity index (χ1n) is 13.8. The van der Waals surface area contributed by atoms with Gasteiger partial charge in [-0.05, 0) is 61.3 Å². The van der Waals surface area contributed by atoms with E-state index in [2.05, 4.69) is 16.4 Å². The third-order valence-corrected chi connectivity index (χ3v) is 7.64. The Morgan fingerprint density at radius 2 is 1.83 bits per heavy atom. The number of hydrogen-bond acceptors (Lipinski definition) is 5. The highest BCUT2D eigenvalue weighted by atomic mass is 32.1. The first kappa shape index (κ1) is 32.8. The number of nitrogens with two attached hydrogens (primary N) is 1. The number of halogens is 3. The lowest BCUT2D eigenvalue weighted by atomic mass is 9.83. The summed E-state index contributed by atoms with van der Waals surface area (Å²) in [6.07, 6.45) is -1.60. The van der Waals surface area contributed by atoms with Crippen molar-refractivity contribution in [2.45, 2.75) is 72.0 Å². The minimum absolute atomic E-state index is 0.0178. The van der Waals surface area contributed by atoms with Crippen LogP contribution in [0.15, 0.2) is 61.1 Å². The second-order valence-corrected chi connectivity index (χ2v) is 11.1. The van der Waals surface area contributed by atoms with E-state index in [0.717, 1.165) is 11.6 Å². The molecule has 0 saturated carbocycles. The van der Waals surface area contributed by atoms with Crippen molar-refractivity contribution < 1.29 is 18.0 Å². The number of carbonyl (C=O) groups excluding carboxylic acids is 1. The highest BCUT2D eigenvalue weighted by molar-refractivity contribution is 7.80. The standard InChI is InChI=1S/C31H37F3N6OS/c1-5-21(4)28(27(41)14-25-16-37-19-39(25)17-23-12-10-22(15-35)11-13-23)29(36)40(30(42)38-20(2)3)18-24-8-6-7-9-26(24)31(32,33)34/h6-13,16,19-21,28-29H,5,14,17-18,36H2,1-4H3,(H,38,42)/t21-,28+,29?/m0/s1. The van der Waals surface area contributed by atoms with Gasteiger partial charge in [0, 0.05) is 37.4 Å². The predicted octanol–water partition coefficient (Wildman–Crippen LogP) is 5.67. The molecule has 224 valence electrons. The number of carbonyl (C=O) groups is 1. The van der Waals surface area contributed by atoms with Gasteiger partial charge in [0.15, 0.2) is 5.11 Å². The molecule has 0 saturated heterocycles. The molecule has 0 bridgehead atoms. The van der Waals surface area contributed by atoms with Gasteiger partial charge in [-0.3, -0.25) is 4.79 Å². The maximum atomic E-state index is 13.9.